The van der Waals surface area contributed by atoms with E-state index in [-0.39, 0.29) is 5.97 Å². The smallest absolute Gasteiger partial charge is 0.305 e. The molecule has 0 radical (unpaired) electrons. The van der Waals surface area contributed by atoms with Gasteiger partial charge in [0.25, 0.3) is 0 Å². The topological polar surface area (TPSA) is 26.3 Å². The minimum Gasteiger partial charge on any atom is -0.460 e. The maximum absolute atomic E-state index is 11.4. The SMILES string of the molecule is C=CCCCCCCCC(=O)OCC[N+](C)(C)C. The number of carbonyl (C=O) groups excluding carboxylic acids is 1. The monoisotopic (exact) mass is 256 g/mol. The van der Waals surface area contributed by atoms with Crippen LogP contribution >= 0.6 is 0 Å². The third kappa shape index (κ3) is 13.2. The standard InChI is InChI=1S/C15H30NO2/c1-5-6-7-8-9-10-11-12-15(17)18-14-13-16(2,3)4/h5H,1,6-14H2,2-4H3/q+1. The van der Waals surface area contributed by atoms with Crippen LogP contribution in [0.25, 0.3) is 0 Å². The van der Waals surface area contributed by atoms with Crippen LogP contribution in [0.5, 0.6) is 0 Å². The molecule has 0 unspecified atom stereocenters. The molecule has 18 heavy (non-hydrogen) atoms. The zero-order chi connectivity index (χ0) is 13.9. The Bertz CT molecular complexity index is 231. The third-order valence-electron chi connectivity index (χ3n) is 2.81. The fraction of sp³-hybridized carbons (Fsp3) is 0.800. The van der Waals surface area contributed by atoms with Crippen molar-refractivity contribution in [1.29, 1.82) is 0 Å². The molecule has 0 saturated heterocycles. The first-order valence-electron chi connectivity index (χ1n) is 7.02. The predicted octanol–water partition coefficient (Wildman–Crippen LogP) is 3.15. The van der Waals surface area contributed by atoms with E-state index >= 15 is 0 Å². The molecule has 0 aliphatic heterocycles. The number of hydrogen-bond acceptors (Lipinski definition) is 2. The maximum Gasteiger partial charge on any atom is 0.305 e. The summed E-state index contributed by atoms with van der Waals surface area (Å²) in [6.07, 6.45) is 9.38. The number of esters is 1. The molecular formula is C15H30NO2+. The van der Waals surface area contributed by atoms with Gasteiger partial charge in [0.2, 0.25) is 0 Å². The van der Waals surface area contributed by atoms with Gasteiger partial charge in [-0.1, -0.05) is 25.3 Å². The molecule has 0 rings (SSSR count). The Morgan fingerprint density at radius 2 is 1.72 bits per heavy atom. The van der Waals surface area contributed by atoms with E-state index in [1.54, 1.807) is 0 Å². The summed E-state index contributed by atoms with van der Waals surface area (Å²) in [6, 6.07) is 0. The Morgan fingerprint density at radius 1 is 1.11 bits per heavy atom. The number of unbranched alkanes of at least 4 members (excludes halogenated alkanes) is 5. The van der Waals surface area contributed by atoms with Gasteiger partial charge in [-0.15, -0.1) is 6.58 Å². The number of hydrogen-bond donors (Lipinski definition) is 0. The summed E-state index contributed by atoms with van der Waals surface area (Å²) in [5.74, 6) is -0.0467. The lowest BCUT2D eigenvalue weighted by Gasteiger charge is -2.23. The van der Waals surface area contributed by atoms with E-state index in [4.69, 9.17) is 4.74 Å². The summed E-state index contributed by atoms with van der Waals surface area (Å²) in [4.78, 5) is 11.4. The van der Waals surface area contributed by atoms with Gasteiger partial charge < -0.3 is 9.22 Å². The molecule has 0 fully saturated rings. The Kier molecular flexibility index (Phi) is 9.66. The highest BCUT2D eigenvalue weighted by Crippen LogP contribution is 2.08. The number of rotatable bonds is 11. The van der Waals surface area contributed by atoms with Crippen LogP contribution in [0.4, 0.5) is 0 Å². The summed E-state index contributed by atoms with van der Waals surface area (Å²) in [5.41, 5.74) is 0. The first-order chi connectivity index (χ1) is 8.45. The van der Waals surface area contributed by atoms with Crippen molar-refractivity contribution in [2.24, 2.45) is 0 Å². The van der Waals surface area contributed by atoms with Gasteiger partial charge in [-0.05, 0) is 19.3 Å². The van der Waals surface area contributed by atoms with Crippen LogP contribution in [0.3, 0.4) is 0 Å². The quantitative estimate of drug-likeness (QED) is 0.246. The van der Waals surface area contributed by atoms with Gasteiger partial charge in [0.1, 0.15) is 13.2 Å². The first kappa shape index (κ1) is 17.2. The zero-order valence-electron chi connectivity index (χ0n) is 12.4. The molecule has 3 nitrogen and oxygen atoms in total. The minimum atomic E-state index is -0.0467. The highest BCUT2D eigenvalue weighted by Gasteiger charge is 2.08. The molecule has 0 aromatic carbocycles. The molecule has 0 spiro atoms. The Labute approximate surface area is 112 Å². The molecule has 0 aromatic rings. The second kappa shape index (κ2) is 10.1. The number of carbonyl (C=O) groups is 1. The van der Waals surface area contributed by atoms with Crippen molar-refractivity contribution in [2.45, 2.75) is 44.9 Å². The fourth-order valence-electron chi connectivity index (χ4n) is 1.59. The normalized spacial score (nSPS) is 11.3. The van der Waals surface area contributed by atoms with Crippen molar-refractivity contribution in [2.75, 3.05) is 34.3 Å². The van der Waals surface area contributed by atoms with E-state index < -0.39 is 0 Å². The average Bonchev–Trinajstić information content (AvgIpc) is 2.26. The molecule has 0 N–H and O–H groups in total. The zero-order valence-corrected chi connectivity index (χ0v) is 12.4. The molecule has 0 bridgehead atoms. The van der Waals surface area contributed by atoms with E-state index in [2.05, 4.69) is 27.7 Å². The van der Waals surface area contributed by atoms with E-state index in [1.165, 1.54) is 19.3 Å². The van der Waals surface area contributed by atoms with Gasteiger partial charge >= 0.3 is 5.97 Å². The first-order valence-corrected chi connectivity index (χ1v) is 7.02. The van der Waals surface area contributed by atoms with Gasteiger partial charge in [-0.2, -0.15) is 0 Å². The lowest BCUT2D eigenvalue weighted by molar-refractivity contribution is -0.870. The van der Waals surface area contributed by atoms with E-state index in [0.29, 0.717) is 13.0 Å². The van der Waals surface area contributed by atoms with Crippen LogP contribution < -0.4 is 0 Å². The third-order valence-corrected chi connectivity index (χ3v) is 2.81. The fourth-order valence-corrected chi connectivity index (χ4v) is 1.59. The summed E-state index contributed by atoms with van der Waals surface area (Å²) in [6.45, 7) is 5.10. The van der Waals surface area contributed by atoms with Gasteiger partial charge in [0.15, 0.2) is 0 Å². The average molecular weight is 256 g/mol. The number of allylic oxidation sites excluding steroid dienone is 1. The summed E-state index contributed by atoms with van der Waals surface area (Å²) in [7, 11) is 6.28. The van der Waals surface area contributed by atoms with E-state index in [1.807, 2.05) is 6.08 Å². The predicted molar refractivity (Wildman–Crippen MR) is 76.4 cm³/mol. The van der Waals surface area contributed by atoms with Crippen molar-refractivity contribution in [3.63, 3.8) is 0 Å². The van der Waals surface area contributed by atoms with Crippen molar-refractivity contribution in [3.8, 4) is 0 Å². The van der Waals surface area contributed by atoms with Gasteiger partial charge in [-0.25, -0.2) is 0 Å². The molecule has 0 aliphatic rings. The number of quaternary nitrogens is 1. The van der Waals surface area contributed by atoms with Gasteiger partial charge in [-0.3, -0.25) is 4.79 Å². The lowest BCUT2D eigenvalue weighted by atomic mass is 10.1. The number of nitrogens with zero attached hydrogens (tertiary/aromatic N) is 1. The molecule has 0 saturated carbocycles. The Balaban J connectivity index is 3.29. The molecular weight excluding hydrogens is 226 g/mol. The molecule has 106 valence electrons. The highest BCUT2D eigenvalue weighted by molar-refractivity contribution is 5.69. The van der Waals surface area contributed by atoms with Crippen LogP contribution in [0, 0.1) is 0 Å². The van der Waals surface area contributed by atoms with Crippen molar-refractivity contribution in [3.05, 3.63) is 12.7 Å². The van der Waals surface area contributed by atoms with Gasteiger partial charge in [0, 0.05) is 6.42 Å². The molecule has 0 aromatic heterocycles. The van der Waals surface area contributed by atoms with Crippen molar-refractivity contribution < 1.29 is 14.0 Å². The lowest BCUT2D eigenvalue weighted by Crippen LogP contribution is -2.37. The van der Waals surface area contributed by atoms with Crippen LogP contribution in [0.2, 0.25) is 0 Å². The van der Waals surface area contributed by atoms with Crippen LogP contribution in [-0.4, -0.2) is 44.7 Å². The largest absolute Gasteiger partial charge is 0.460 e. The maximum atomic E-state index is 11.4. The summed E-state index contributed by atoms with van der Waals surface area (Å²) < 4.78 is 6.03. The summed E-state index contributed by atoms with van der Waals surface area (Å²) >= 11 is 0. The van der Waals surface area contributed by atoms with E-state index in [0.717, 1.165) is 30.3 Å². The second-order valence-corrected chi connectivity index (χ2v) is 5.83. The Hall–Kier alpha value is -0.830. The molecule has 0 heterocycles. The highest BCUT2D eigenvalue weighted by atomic mass is 16.5. The molecule has 0 aliphatic carbocycles. The molecule has 0 amide bonds. The molecule has 3 heteroatoms. The number of likely N-dealkylation sites (N-methyl/N-ethyl adjacent to an activating group) is 1. The van der Waals surface area contributed by atoms with Crippen LogP contribution in [0.1, 0.15) is 44.9 Å². The van der Waals surface area contributed by atoms with E-state index in [9.17, 15) is 4.79 Å². The summed E-state index contributed by atoms with van der Waals surface area (Å²) in [5, 5.41) is 0. The molecule has 0 atom stereocenters. The van der Waals surface area contributed by atoms with Crippen molar-refractivity contribution in [1.82, 2.24) is 0 Å². The second-order valence-electron chi connectivity index (χ2n) is 5.83. The minimum absolute atomic E-state index is 0.0467. The van der Waals surface area contributed by atoms with Crippen molar-refractivity contribution >= 4 is 5.97 Å². The van der Waals surface area contributed by atoms with Crippen LogP contribution in [0.15, 0.2) is 12.7 Å². The van der Waals surface area contributed by atoms with Crippen LogP contribution in [-0.2, 0) is 9.53 Å². The van der Waals surface area contributed by atoms with Gasteiger partial charge in [0.05, 0.1) is 21.1 Å². The Morgan fingerprint density at radius 3 is 2.33 bits per heavy atom. The number of ether oxygens (including phenoxy) is 1.